The number of hydrogen-bond acceptors (Lipinski definition) is 3. The highest BCUT2D eigenvalue weighted by atomic mass is 16.6. The van der Waals surface area contributed by atoms with Crippen LogP contribution in [0.15, 0.2) is 18.2 Å². The van der Waals surface area contributed by atoms with Gasteiger partial charge in [-0.05, 0) is 44.4 Å². The van der Waals surface area contributed by atoms with Crippen LogP contribution in [0.2, 0.25) is 0 Å². The van der Waals surface area contributed by atoms with Gasteiger partial charge in [-0.2, -0.15) is 0 Å². The van der Waals surface area contributed by atoms with Crippen molar-refractivity contribution in [1.29, 1.82) is 0 Å². The first-order valence-corrected chi connectivity index (χ1v) is 8.71. The SMILES string of the molecule is Cc1[nH]c2c(CN3CCCC4(C3)CN(C)C(=O)O4)cccc2c1C. The maximum Gasteiger partial charge on any atom is 0.410 e. The van der Waals surface area contributed by atoms with E-state index in [1.165, 1.54) is 27.7 Å². The van der Waals surface area contributed by atoms with Gasteiger partial charge in [0, 0.05) is 31.2 Å². The first-order chi connectivity index (χ1) is 11.5. The molecule has 2 aliphatic heterocycles. The van der Waals surface area contributed by atoms with Crippen molar-refractivity contribution in [2.45, 2.75) is 38.8 Å². The number of para-hydroxylation sites is 1. The number of fused-ring (bicyclic) bond motifs is 1. The number of hydrogen-bond donors (Lipinski definition) is 1. The number of nitrogens with one attached hydrogen (secondary N) is 1. The highest BCUT2D eigenvalue weighted by Crippen LogP contribution is 2.33. The number of nitrogens with zero attached hydrogens (tertiary/aromatic N) is 2. The number of aromatic amines is 1. The van der Waals surface area contributed by atoms with E-state index < -0.39 is 0 Å². The van der Waals surface area contributed by atoms with Gasteiger partial charge in [-0.1, -0.05) is 18.2 Å². The number of piperidine rings is 1. The second-order valence-corrected chi connectivity index (χ2v) is 7.44. The highest BCUT2D eigenvalue weighted by Gasteiger charge is 2.46. The number of ether oxygens (including phenoxy) is 1. The van der Waals surface area contributed by atoms with Crippen molar-refractivity contribution in [2.75, 3.05) is 26.7 Å². The zero-order chi connectivity index (χ0) is 16.9. The lowest BCUT2D eigenvalue weighted by molar-refractivity contribution is -0.0112. The number of likely N-dealkylation sites (tertiary alicyclic amines) is 1. The molecule has 3 heterocycles. The fourth-order valence-electron chi connectivity index (χ4n) is 4.25. The monoisotopic (exact) mass is 327 g/mol. The van der Waals surface area contributed by atoms with Gasteiger partial charge in [-0.3, -0.25) is 4.90 Å². The fraction of sp³-hybridized carbons (Fsp3) is 0.526. The summed E-state index contributed by atoms with van der Waals surface area (Å²) in [7, 11) is 1.82. The molecule has 1 aromatic heterocycles. The Kier molecular flexibility index (Phi) is 3.57. The fourth-order valence-corrected chi connectivity index (χ4v) is 4.25. The van der Waals surface area contributed by atoms with E-state index >= 15 is 0 Å². The van der Waals surface area contributed by atoms with Gasteiger partial charge in [0.2, 0.25) is 0 Å². The first-order valence-electron chi connectivity index (χ1n) is 8.71. The molecule has 0 radical (unpaired) electrons. The van der Waals surface area contributed by atoms with E-state index in [0.29, 0.717) is 6.54 Å². The van der Waals surface area contributed by atoms with E-state index in [1.807, 2.05) is 7.05 Å². The summed E-state index contributed by atoms with van der Waals surface area (Å²) >= 11 is 0. The average Bonchev–Trinajstić information content (AvgIpc) is 2.98. The predicted octanol–water partition coefficient (Wildman–Crippen LogP) is 3.20. The van der Waals surface area contributed by atoms with Gasteiger partial charge >= 0.3 is 6.09 Å². The Hall–Kier alpha value is -2.01. The lowest BCUT2D eigenvalue weighted by atomic mass is 9.92. The van der Waals surface area contributed by atoms with Crippen LogP contribution in [-0.2, 0) is 11.3 Å². The molecular weight excluding hydrogens is 302 g/mol. The molecule has 2 fully saturated rings. The smallest absolute Gasteiger partial charge is 0.410 e. The van der Waals surface area contributed by atoms with Crippen LogP contribution in [0.25, 0.3) is 10.9 Å². The molecule has 0 aliphatic carbocycles. The average molecular weight is 327 g/mol. The highest BCUT2D eigenvalue weighted by molar-refractivity contribution is 5.87. The molecule has 5 heteroatoms. The molecule has 128 valence electrons. The Morgan fingerprint density at radius 3 is 2.88 bits per heavy atom. The van der Waals surface area contributed by atoms with E-state index in [1.54, 1.807) is 4.90 Å². The lowest BCUT2D eigenvalue weighted by Crippen LogP contribution is -2.50. The largest absolute Gasteiger partial charge is 0.440 e. The van der Waals surface area contributed by atoms with Crippen molar-refractivity contribution in [1.82, 2.24) is 14.8 Å². The van der Waals surface area contributed by atoms with Crippen LogP contribution < -0.4 is 0 Å². The van der Waals surface area contributed by atoms with Crippen molar-refractivity contribution < 1.29 is 9.53 Å². The molecule has 0 saturated carbocycles. The van der Waals surface area contributed by atoms with Crippen molar-refractivity contribution >= 4 is 17.0 Å². The summed E-state index contributed by atoms with van der Waals surface area (Å²) in [5.41, 5.74) is 4.80. The quantitative estimate of drug-likeness (QED) is 0.921. The predicted molar refractivity (Wildman–Crippen MR) is 94.1 cm³/mol. The van der Waals surface area contributed by atoms with Gasteiger partial charge in [-0.15, -0.1) is 0 Å². The summed E-state index contributed by atoms with van der Waals surface area (Å²) in [5.74, 6) is 0. The Morgan fingerprint density at radius 2 is 2.12 bits per heavy atom. The zero-order valence-corrected chi connectivity index (χ0v) is 14.7. The molecule has 0 bridgehead atoms. The number of carbonyl (C=O) groups excluding carboxylic acids is 1. The van der Waals surface area contributed by atoms with Crippen molar-refractivity contribution in [3.8, 4) is 0 Å². The number of aromatic nitrogens is 1. The molecule has 2 aliphatic rings. The molecule has 1 aromatic carbocycles. The Bertz CT molecular complexity index is 797. The van der Waals surface area contributed by atoms with Crippen LogP contribution in [0.4, 0.5) is 4.79 Å². The minimum atomic E-state index is -0.320. The third kappa shape index (κ3) is 2.47. The molecule has 5 nitrogen and oxygen atoms in total. The number of aryl methyl sites for hydroxylation is 2. The summed E-state index contributed by atoms with van der Waals surface area (Å²) in [5, 5.41) is 1.31. The standard InChI is InChI=1S/C19H25N3O2/c1-13-14(2)20-17-15(6-4-7-16(13)17)10-22-9-5-8-19(12-22)11-21(3)18(23)24-19/h4,6-7,20H,5,8-12H2,1-3H3. The Balaban J connectivity index is 1.58. The van der Waals surface area contributed by atoms with Crippen molar-refractivity contribution in [2.24, 2.45) is 0 Å². The molecule has 1 atom stereocenters. The number of H-pyrrole nitrogens is 1. The third-order valence-corrected chi connectivity index (χ3v) is 5.58. The van der Waals surface area contributed by atoms with Crippen molar-refractivity contribution in [3.05, 3.63) is 35.0 Å². The second kappa shape index (κ2) is 5.52. The zero-order valence-electron chi connectivity index (χ0n) is 14.7. The van der Waals surface area contributed by atoms with E-state index in [4.69, 9.17) is 4.74 Å². The Morgan fingerprint density at radius 1 is 1.29 bits per heavy atom. The molecule has 1 spiro atoms. The van der Waals surface area contributed by atoms with Gasteiger partial charge in [-0.25, -0.2) is 4.79 Å². The van der Waals surface area contributed by atoms with E-state index in [0.717, 1.165) is 32.5 Å². The van der Waals surface area contributed by atoms with Crippen LogP contribution in [0.1, 0.15) is 29.7 Å². The van der Waals surface area contributed by atoms with Crippen LogP contribution in [0.3, 0.4) is 0 Å². The summed E-state index contributed by atoms with van der Waals surface area (Å²) in [6, 6.07) is 6.52. The van der Waals surface area contributed by atoms with Gasteiger partial charge in [0.05, 0.1) is 12.1 Å². The molecule has 1 unspecified atom stereocenters. The molecule has 2 saturated heterocycles. The van der Waals surface area contributed by atoms with Crippen LogP contribution in [-0.4, -0.2) is 53.2 Å². The maximum atomic E-state index is 11.8. The van der Waals surface area contributed by atoms with Crippen LogP contribution in [0.5, 0.6) is 0 Å². The molecule has 1 N–H and O–H groups in total. The lowest BCUT2D eigenvalue weighted by Gasteiger charge is -2.38. The van der Waals surface area contributed by atoms with Gasteiger partial charge in [0.1, 0.15) is 5.60 Å². The van der Waals surface area contributed by atoms with Gasteiger partial charge in [0.15, 0.2) is 0 Å². The van der Waals surface area contributed by atoms with Gasteiger partial charge < -0.3 is 14.6 Å². The second-order valence-electron chi connectivity index (χ2n) is 7.44. The summed E-state index contributed by atoms with van der Waals surface area (Å²) < 4.78 is 5.72. The van der Waals surface area contributed by atoms with E-state index in [2.05, 4.69) is 41.9 Å². The Labute approximate surface area is 142 Å². The molecule has 1 amide bonds. The molecule has 24 heavy (non-hydrogen) atoms. The molecule has 2 aromatic rings. The minimum absolute atomic E-state index is 0.186. The number of likely N-dealkylation sites (N-methyl/N-ethyl adjacent to an activating group) is 1. The van der Waals surface area contributed by atoms with Crippen molar-refractivity contribution in [3.63, 3.8) is 0 Å². The van der Waals surface area contributed by atoms with Crippen LogP contribution >= 0.6 is 0 Å². The number of amides is 1. The normalized spacial score (nSPS) is 25.0. The van der Waals surface area contributed by atoms with Gasteiger partial charge in [0.25, 0.3) is 0 Å². The topological polar surface area (TPSA) is 48.6 Å². The minimum Gasteiger partial charge on any atom is -0.440 e. The van der Waals surface area contributed by atoms with E-state index in [-0.39, 0.29) is 11.7 Å². The first kappa shape index (κ1) is 15.5. The maximum absolute atomic E-state index is 11.8. The summed E-state index contributed by atoms with van der Waals surface area (Å²) in [4.78, 5) is 19.5. The molecular formula is C19H25N3O2. The summed E-state index contributed by atoms with van der Waals surface area (Å²) in [6.45, 7) is 7.76. The summed E-state index contributed by atoms with van der Waals surface area (Å²) in [6.07, 6.45) is 1.85. The number of rotatable bonds is 2. The third-order valence-electron chi connectivity index (χ3n) is 5.58. The molecule has 4 rings (SSSR count). The van der Waals surface area contributed by atoms with Crippen LogP contribution in [0, 0.1) is 13.8 Å². The van der Waals surface area contributed by atoms with E-state index in [9.17, 15) is 4.79 Å². The number of benzene rings is 1. The number of carbonyl (C=O) groups is 1.